The van der Waals surface area contributed by atoms with Crippen LogP contribution in [0.5, 0.6) is 0 Å². The molecule has 1 heterocycles. The van der Waals surface area contributed by atoms with E-state index in [9.17, 15) is 17.6 Å². The largest absolute Gasteiger partial charge is 0.336 e. The van der Waals surface area contributed by atoms with Gasteiger partial charge < -0.3 is 4.90 Å². The van der Waals surface area contributed by atoms with Gasteiger partial charge in [0.1, 0.15) is 5.82 Å². The second-order valence-electron chi connectivity index (χ2n) is 7.13. The molecular formula is C18H25BrFN3O3S. The Morgan fingerprint density at radius 2 is 1.78 bits per heavy atom. The molecule has 0 N–H and O–H groups in total. The number of piperazine rings is 1. The maximum atomic E-state index is 14.0. The van der Waals surface area contributed by atoms with E-state index >= 15 is 0 Å². The zero-order chi connectivity index (χ0) is 19.6. The summed E-state index contributed by atoms with van der Waals surface area (Å²) in [6, 6.07) is 4.30. The molecule has 0 aromatic heterocycles. The molecule has 0 atom stereocenters. The SMILES string of the molecule is CN(C1CCCCC1)S(=O)(=O)N1CCN(C(=O)c2cc(Br)ccc2F)CC1. The monoisotopic (exact) mass is 461 g/mol. The van der Waals surface area contributed by atoms with Crippen molar-refractivity contribution in [1.82, 2.24) is 13.5 Å². The van der Waals surface area contributed by atoms with E-state index in [1.807, 2.05) is 0 Å². The molecule has 9 heteroatoms. The summed E-state index contributed by atoms with van der Waals surface area (Å²) < 4.78 is 43.4. The lowest BCUT2D eigenvalue weighted by atomic mass is 9.96. The summed E-state index contributed by atoms with van der Waals surface area (Å²) in [6.07, 6.45) is 5.08. The van der Waals surface area contributed by atoms with E-state index in [1.54, 1.807) is 7.05 Å². The molecule has 1 aliphatic heterocycles. The van der Waals surface area contributed by atoms with Crippen LogP contribution in [0.3, 0.4) is 0 Å². The Kier molecular flexibility index (Phi) is 6.55. The van der Waals surface area contributed by atoms with Crippen LogP contribution < -0.4 is 0 Å². The molecule has 1 aromatic rings. The summed E-state index contributed by atoms with van der Waals surface area (Å²) in [6.45, 7) is 0.951. The van der Waals surface area contributed by atoms with Crippen molar-refractivity contribution in [1.29, 1.82) is 0 Å². The molecule has 1 saturated carbocycles. The van der Waals surface area contributed by atoms with Crippen LogP contribution in [0.2, 0.25) is 0 Å². The Morgan fingerprint density at radius 3 is 2.41 bits per heavy atom. The summed E-state index contributed by atoms with van der Waals surface area (Å²) in [5.74, 6) is -0.984. The average Bonchev–Trinajstić information content (AvgIpc) is 2.69. The van der Waals surface area contributed by atoms with E-state index in [4.69, 9.17) is 0 Å². The number of amides is 1. The van der Waals surface area contributed by atoms with Crippen molar-refractivity contribution in [3.8, 4) is 0 Å². The number of rotatable bonds is 4. The highest BCUT2D eigenvalue weighted by atomic mass is 79.9. The van der Waals surface area contributed by atoms with Crippen LogP contribution in [-0.4, -0.2) is 67.1 Å². The van der Waals surface area contributed by atoms with Crippen LogP contribution in [-0.2, 0) is 10.2 Å². The first-order chi connectivity index (χ1) is 12.8. The Labute approximate surface area is 168 Å². The molecule has 1 aliphatic carbocycles. The van der Waals surface area contributed by atoms with Gasteiger partial charge in [-0.15, -0.1) is 0 Å². The van der Waals surface area contributed by atoms with E-state index in [0.717, 1.165) is 32.1 Å². The normalized spacial score (nSPS) is 20.2. The lowest BCUT2D eigenvalue weighted by Gasteiger charge is -2.38. The topological polar surface area (TPSA) is 60.9 Å². The second-order valence-corrected chi connectivity index (χ2v) is 10.0. The predicted octanol–water partition coefficient (Wildman–Crippen LogP) is 2.86. The van der Waals surface area contributed by atoms with Gasteiger partial charge in [-0.1, -0.05) is 35.2 Å². The Hall–Kier alpha value is -1.03. The minimum Gasteiger partial charge on any atom is -0.336 e. The van der Waals surface area contributed by atoms with Crippen molar-refractivity contribution in [2.45, 2.75) is 38.1 Å². The van der Waals surface area contributed by atoms with Crippen molar-refractivity contribution >= 4 is 32.0 Å². The quantitative estimate of drug-likeness (QED) is 0.692. The Balaban J connectivity index is 1.64. The molecule has 0 radical (unpaired) electrons. The highest BCUT2D eigenvalue weighted by Gasteiger charge is 2.35. The van der Waals surface area contributed by atoms with Crippen molar-refractivity contribution in [2.24, 2.45) is 0 Å². The van der Waals surface area contributed by atoms with E-state index in [0.29, 0.717) is 4.47 Å². The van der Waals surface area contributed by atoms with Crippen molar-refractivity contribution in [3.05, 3.63) is 34.1 Å². The first kappa shape index (κ1) is 20.7. The van der Waals surface area contributed by atoms with Gasteiger partial charge in [-0.3, -0.25) is 4.79 Å². The van der Waals surface area contributed by atoms with Crippen LogP contribution >= 0.6 is 15.9 Å². The highest BCUT2D eigenvalue weighted by molar-refractivity contribution is 9.10. The molecule has 2 aliphatic rings. The third-order valence-electron chi connectivity index (χ3n) is 5.46. The molecule has 1 amide bonds. The van der Waals surface area contributed by atoms with Crippen LogP contribution in [0.4, 0.5) is 4.39 Å². The number of hydrogen-bond acceptors (Lipinski definition) is 3. The summed E-state index contributed by atoms with van der Waals surface area (Å²) in [5, 5.41) is 0. The highest BCUT2D eigenvalue weighted by Crippen LogP contribution is 2.25. The van der Waals surface area contributed by atoms with Gasteiger partial charge >= 0.3 is 0 Å². The molecule has 0 unspecified atom stereocenters. The number of hydrogen-bond donors (Lipinski definition) is 0. The lowest BCUT2D eigenvalue weighted by molar-refractivity contribution is 0.0688. The van der Waals surface area contributed by atoms with E-state index in [1.165, 1.54) is 31.7 Å². The second kappa shape index (κ2) is 8.55. The van der Waals surface area contributed by atoms with Gasteiger partial charge in [0.2, 0.25) is 0 Å². The zero-order valence-electron chi connectivity index (χ0n) is 15.4. The molecule has 1 aromatic carbocycles. The van der Waals surface area contributed by atoms with Gasteiger partial charge in [0.25, 0.3) is 16.1 Å². The number of carbonyl (C=O) groups is 1. The number of carbonyl (C=O) groups excluding carboxylic acids is 1. The summed E-state index contributed by atoms with van der Waals surface area (Å²) in [7, 11) is -1.89. The van der Waals surface area contributed by atoms with E-state index < -0.39 is 21.9 Å². The minimum absolute atomic E-state index is 0.00000539. The van der Waals surface area contributed by atoms with Crippen molar-refractivity contribution < 1.29 is 17.6 Å². The Morgan fingerprint density at radius 1 is 1.15 bits per heavy atom. The Bertz CT molecular complexity index is 791. The third-order valence-corrected chi connectivity index (χ3v) is 8.00. The molecule has 1 saturated heterocycles. The molecule has 0 bridgehead atoms. The van der Waals surface area contributed by atoms with E-state index in [-0.39, 0.29) is 37.8 Å². The van der Waals surface area contributed by atoms with Crippen molar-refractivity contribution in [2.75, 3.05) is 33.2 Å². The van der Waals surface area contributed by atoms with Gasteiger partial charge in [-0.05, 0) is 31.0 Å². The predicted molar refractivity (Wildman–Crippen MR) is 105 cm³/mol. The van der Waals surface area contributed by atoms with Gasteiger partial charge in [-0.2, -0.15) is 17.0 Å². The van der Waals surface area contributed by atoms with Crippen molar-refractivity contribution in [3.63, 3.8) is 0 Å². The van der Waals surface area contributed by atoms with Crippen LogP contribution in [0.1, 0.15) is 42.5 Å². The smallest absolute Gasteiger partial charge is 0.282 e. The number of benzene rings is 1. The molecular weight excluding hydrogens is 437 g/mol. The number of nitrogens with zero attached hydrogens (tertiary/aromatic N) is 3. The summed E-state index contributed by atoms with van der Waals surface area (Å²) in [4.78, 5) is 14.1. The molecule has 6 nitrogen and oxygen atoms in total. The van der Waals surface area contributed by atoms with Crippen LogP contribution in [0.25, 0.3) is 0 Å². The first-order valence-electron chi connectivity index (χ1n) is 9.28. The maximum absolute atomic E-state index is 14.0. The maximum Gasteiger partial charge on any atom is 0.282 e. The van der Waals surface area contributed by atoms with Crippen LogP contribution in [0, 0.1) is 5.82 Å². The lowest BCUT2D eigenvalue weighted by Crippen LogP contribution is -2.55. The fourth-order valence-electron chi connectivity index (χ4n) is 3.77. The molecule has 3 rings (SSSR count). The summed E-state index contributed by atoms with van der Waals surface area (Å²) in [5.41, 5.74) is 0.00000539. The number of halogens is 2. The fraction of sp³-hybridized carbons (Fsp3) is 0.611. The fourth-order valence-corrected chi connectivity index (χ4v) is 5.71. The third kappa shape index (κ3) is 4.52. The molecule has 0 spiro atoms. The van der Waals surface area contributed by atoms with Gasteiger partial charge in [0.15, 0.2) is 0 Å². The van der Waals surface area contributed by atoms with Gasteiger partial charge in [-0.25, -0.2) is 4.39 Å². The molecule has 27 heavy (non-hydrogen) atoms. The first-order valence-corrected chi connectivity index (χ1v) is 11.5. The minimum atomic E-state index is -3.54. The zero-order valence-corrected chi connectivity index (χ0v) is 17.8. The molecule has 150 valence electrons. The van der Waals surface area contributed by atoms with Gasteiger partial charge in [0.05, 0.1) is 5.56 Å². The molecule has 2 fully saturated rings. The average molecular weight is 462 g/mol. The van der Waals surface area contributed by atoms with E-state index in [2.05, 4.69) is 15.9 Å². The standard InChI is InChI=1S/C18H25BrFN3O3S/c1-21(15-5-3-2-4-6-15)27(25,26)23-11-9-22(10-12-23)18(24)16-13-14(19)7-8-17(16)20/h7-8,13,15H,2-6,9-12H2,1H3. The summed E-state index contributed by atoms with van der Waals surface area (Å²) >= 11 is 3.25. The van der Waals surface area contributed by atoms with Crippen LogP contribution in [0.15, 0.2) is 22.7 Å². The van der Waals surface area contributed by atoms with Gasteiger partial charge in [0, 0.05) is 43.7 Å².